The van der Waals surface area contributed by atoms with Gasteiger partial charge in [-0.1, -0.05) is 11.6 Å². The van der Waals surface area contributed by atoms with Gasteiger partial charge in [0.25, 0.3) is 5.69 Å². The van der Waals surface area contributed by atoms with Gasteiger partial charge in [-0.3, -0.25) is 10.1 Å². The Morgan fingerprint density at radius 2 is 2.28 bits per heavy atom. The van der Waals surface area contributed by atoms with E-state index in [1.165, 1.54) is 6.07 Å². The summed E-state index contributed by atoms with van der Waals surface area (Å²) in [5.41, 5.74) is 1.58. The van der Waals surface area contributed by atoms with Crippen LogP contribution in [-0.2, 0) is 4.74 Å². The minimum Gasteiger partial charge on any atom is -0.379 e. The van der Waals surface area contributed by atoms with Gasteiger partial charge in [-0.05, 0) is 31.9 Å². The van der Waals surface area contributed by atoms with Crippen molar-refractivity contribution in [3.05, 3.63) is 32.8 Å². The summed E-state index contributed by atoms with van der Waals surface area (Å²) in [6, 6.07) is 3.33. The predicted molar refractivity (Wildman–Crippen MR) is 70.3 cm³/mol. The molecule has 2 rings (SSSR count). The molecule has 0 aromatic heterocycles. The molecule has 2 atom stereocenters. The summed E-state index contributed by atoms with van der Waals surface area (Å²) in [6.45, 7) is 4.57. The largest absolute Gasteiger partial charge is 0.379 e. The molecule has 1 N–H and O–H groups in total. The van der Waals surface area contributed by atoms with E-state index in [2.05, 4.69) is 5.32 Å². The minimum atomic E-state index is -0.472. The first-order valence-electron chi connectivity index (χ1n) is 5.81. The SMILES string of the molecule is Cc1cc([N+](=O)[O-])c(Cl)cc1NC1CCOC1C. The highest BCUT2D eigenvalue weighted by Crippen LogP contribution is 2.31. The summed E-state index contributed by atoms with van der Waals surface area (Å²) in [6.07, 6.45) is 1.06. The maximum absolute atomic E-state index is 10.8. The number of nitro benzene ring substituents is 1. The van der Waals surface area contributed by atoms with Gasteiger partial charge in [0, 0.05) is 18.4 Å². The Morgan fingerprint density at radius 3 is 2.83 bits per heavy atom. The molecule has 18 heavy (non-hydrogen) atoms. The molecule has 0 spiro atoms. The van der Waals surface area contributed by atoms with Crippen LogP contribution in [0.2, 0.25) is 5.02 Å². The summed E-state index contributed by atoms with van der Waals surface area (Å²) >= 11 is 5.91. The monoisotopic (exact) mass is 270 g/mol. The van der Waals surface area contributed by atoms with Crippen LogP contribution in [0.25, 0.3) is 0 Å². The van der Waals surface area contributed by atoms with Crippen LogP contribution in [0.15, 0.2) is 12.1 Å². The van der Waals surface area contributed by atoms with E-state index in [1.807, 2.05) is 13.8 Å². The molecule has 98 valence electrons. The number of hydrogen-bond donors (Lipinski definition) is 1. The third-order valence-electron chi connectivity index (χ3n) is 3.21. The Balaban J connectivity index is 2.23. The molecule has 1 aliphatic heterocycles. The molecule has 1 aromatic carbocycles. The van der Waals surface area contributed by atoms with Crippen LogP contribution in [0.3, 0.4) is 0 Å². The van der Waals surface area contributed by atoms with Crippen molar-refractivity contribution in [2.24, 2.45) is 0 Å². The number of benzene rings is 1. The van der Waals surface area contributed by atoms with E-state index in [0.717, 1.165) is 24.3 Å². The summed E-state index contributed by atoms with van der Waals surface area (Å²) in [5.74, 6) is 0. The van der Waals surface area contributed by atoms with Crippen LogP contribution in [0.4, 0.5) is 11.4 Å². The second-order valence-corrected chi connectivity index (χ2v) is 4.90. The number of ether oxygens (including phenoxy) is 1. The normalized spacial score (nSPS) is 23.1. The molecular weight excluding hydrogens is 256 g/mol. The Morgan fingerprint density at radius 1 is 1.56 bits per heavy atom. The summed E-state index contributed by atoms with van der Waals surface area (Å²) in [5, 5.41) is 14.2. The maximum atomic E-state index is 10.8. The first-order valence-corrected chi connectivity index (χ1v) is 6.19. The fourth-order valence-electron chi connectivity index (χ4n) is 2.08. The van der Waals surface area contributed by atoms with Gasteiger partial charge in [0.05, 0.1) is 17.1 Å². The van der Waals surface area contributed by atoms with Gasteiger partial charge in [-0.25, -0.2) is 0 Å². The lowest BCUT2D eigenvalue weighted by Crippen LogP contribution is -2.27. The number of halogens is 1. The fourth-order valence-corrected chi connectivity index (χ4v) is 2.32. The smallest absolute Gasteiger partial charge is 0.288 e. The van der Waals surface area contributed by atoms with Crippen LogP contribution >= 0.6 is 11.6 Å². The van der Waals surface area contributed by atoms with Gasteiger partial charge in [-0.2, -0.15) is 0 Å². The Hall–Kier alpha value is -1.33. The number of nitrogens with zero attached hydrogens (tertiary/aromatic N) is 1. The van der Waals surface area contributed by atoms with Crippen molar-refractivity contribution in [2.45, 2.75) is 32.4 Å². The lowest BCUT2D eigenvalue weighted by atomic mass is 10.1. The number of hydrogen-bond acceptors (Lipinski definition) is 4. The van der Waals surface area contributed by atoms with Crippen LogP contribution < -0.4 is 5.32 Å². The van der Waals surface area contributed by atoms with Crippen molar-refractivity contribution in [1.29, 1.82) is 0 Å². The number of aryl methyl sites for hydroxylation is 1. The summed E-state index contributed by atoms with van der Waals surface area (Å²) < 4.78 is 5.47. The fraction of sp³-hybridized carbons (Fsp3) is 0.500. The van der Waals surface area contributed by atoms with Gasteiger partial charge >= 0.3 is 0 Å². The molecule has 2 unspecified atom stereocenters. The number of rotatable bonds is 3. The van der Waals surface area contributed by atoms with E-state index < -0.39 is 4.92 Å². The molecule has 1 heterocycles. The predicted octanol–water partition coefficient (Wildman–Crippen LogP) is 3.15. The number of anilines is 1. The molecule has 0 bridgehead atoms. The third-order valence-corrected chi connectivity index (χ3v) is 3.51. The minimum absolute atomic E-state index is 0.0598. The molecule has 0 aliphatic carbocycles. The molecule has 0 amide bonds. The molecule has 1 saturated heterocycles. The van der Waals surface area contributed by atoms with E-state index in [0.29, 0.717) is 0 Å². The first-order chi connectivity index (χ1) is 8.49. The molecular formula is C12H15ClN2O3. The van der Waals surface area contributed by atoms with Crippen LogP contribution in [0, 0.1) is 17.0 Å². The van der Waals surface area contributed by atoms with E-state index in [9.17, 15) is 10.1 Å². The van der Waals surface area contributed by atoms with E-state index in [-0.39, 0.29) is 22.9 Å². The molecule has 1 aromatic rings. The second kappa shape index (κ2) is 5.12. The van der Waals surface area contributed by atoms with Gasteiger partial charge in [-0.15, -0.1) is 0 Å². The van der Waals surface area contributed by atoms with Crippen LogP contribution in [0.5, 0.6) is 0 Å². The van der Waals surface area contributed by atoms with Crippen molar-refractivity contribution < 1.29 is 9.66 Å². The van der Waals surface area contributed by atoms with E-state index in [1.54, 1.807) is 6.07 Å². The standard InChI is InChI=1S/C12H15ClN2O3/c1-7-5-12(15(16)17)9(13)6-11(7)14-10-3-4-18-8(10)2/h5-6,8,10,14H,3-4H2,1-2H3. The second-order valence-electron chi connectivity index (χ2n) is 4.49. The average molecular weight is 271 g/mol. The highest BCUT2D eigenvalue weighted by molar-refractivity contribution is 6.33. The van der Waals surface area contributed by atoms with Crippen molar-refractivity contribution >= 4 is 23.0 Å². The summed E-state index contributed by atoms with van der Waals surface area (Å²) in [4.78, 5) is 10.3. The lowest BCUT2D eigenvalue weighted by Gasteiger charge is -2.19. The molecule has 0 saturated carbocycles. The van der Waals surface area contributed by atoms with Gasteiger partial charge in [0.2, 0.25) is 0 Å². The lowest BCUT2D eigenvalue weighted by molar-refractivity contribution is -0.384. The van der Waals surface area contributed by atoms with Gasteiger partial charge in [0.1, 0.15) is 5.02 Å². The van der Waals surface area contributed by atoms with Crippen LogP contribution in [-0.4, -0.2) is 23.7 Å². The van der Waals surface area contributed by atoms with Crippen LogP contribution in [0.1, 0.15) is 18.9 Å². The summed E-state index contributed by atoms with van der Waals surface area (Å²) in [7, 11) is 0. The van der Waals surface area contributed by atoms with E-state index >= 15 is 0 Å². The Labute approximate surface area is 110 Å². The van der Waals surface area contributed by atoms with Gasteiger partial charge < -0.3 is 10.1 Å². The van der Waals surface area contributed by atoms with E-state index in [4.69, 9.17) is 16.3 Å². The topological polar surface area (TPSA) is 64.4 Å². The number of nitro groups is 1. The highest BCUT2D eigenvalue weighted by Gasteiger charge is 2.25. The van der Waals surface area contributed by atoms with Crippen molar-refractivity contribution in [1.82, 2.24) is 0 Å². The zero-order valence-corrected chi connectivity index (χ0v) is 11.0. The molecule has 6 heteroatoms. The molecule has 5 nitrogen and oxygen atoms in total. The van der Waals surface area contributed by atoms with Crippen molar-refractivity contribution in [3.63, 3.8) is 0 Å². The van der Waals surface area contributed by atoms with Crippen molar-refractivity contribution in [2.75, 3.05) is 11.9 Å². The third kappa shape index (κ3) is 2.57. The molecule has 0 radical (unpaired) electrons. The first kappa shape index (κ1) is 13.1. The quantitative estimate of drug-likeness (QED) is 0.677. The molecule has 1 aliphatic rings. The Bertz CT molecular complexity index is 479. The zero-order valence-electron chi connectivity index (χ0n) is 10.3. The zero-order chi connectivity index (χ0) is 13.3. The Kier molecular flexibility index (Phi) is 3.73. The van der Waals surface area contributed by atoms with Gasteiger partial charge in [0.15, 0.2) is 0 Å². The maximum Gasteiger partial charge on any atom is 0.288 e. The van der Waals surface area contributed by atoms with Crippen molar-refractivity contribution in [3.8, 4) is 0 Å². The molecule has 1 fully saturated rings. The average Bonchev–Trinajstić information content (AvgIpc) is 2.69. The number of nitrogens with one attached hydrogen (secondary N) is 1. The highest BCUT2D eigenvalue weighted by atomic mass is 35.5.